The fraction of sp³-hybridized carbons (Fsp3) is 0.533. The summed E-state index contributed by atoms with van der Waals surface area (Å²) in [6, 6.07) is 7.79. The first-order valence-electron chi connectivity index (χ1n) is 6.81. The van der Waals surface area contributed by atoms with Gasteiger partial charge in [-0.05, 0) is 44.5 Å². The summed E-state index contributed by atoms with van der Waals surface area (Å²) in [7, 11) is 0. The lowest BCUT2D eigenvalue weighted by Gasteiger charge is -2.18. The number of carbonyl (C=O) groups excluding carboxylic acids is 1. The fourth-order valence-electron chi connectivity index (χ4n) is 1.88. The molecule has 0 spiro atoms. The van der Waals surface area contributed by atoms with Crippen LogP contribution in [0.25, 0.3) is 0 Å². The summed E-state index contributed by atoms with van der Waals surface area (Å²) in [6.07, 6.45) is 1.49. The van der Waals surface area contributed by atoms with Crippen molar-refractivity contribution in [2.75, 3.05) is 6.54 Å². The minimum atomic E-state index is -0.295. The predicted molar refractivity (Wildman–Crippen MR) is 77.1 cm³/mol. The molecule has 0 fully saturated rings. The second kappa shape index (κ2) is 7.79. The van der Waals surface area contributed by atoms with E-state index in [9.17, 15) is 4.79 Å². The van der Waals surface area contributed by atoms with E-state index < -0.39 is 0 Å². The van der Waals surface area contributed by atoms with E-state index in [0.717, 1.165) is 24.3 Å². The molecule has 0 aromatic heterocycles. The maximum atomic E-state index is 11.1. The Labute approximate surface area is 115 Å². The first-order chi connectivity index (χ1) is 9.02. The topological polar surface area (TPSA) is 64.3 Å². The molecule has 0 aliphatic carbocycles. The highest BCUT2D eigenvalue weighted by Gasteiger charge is 2.13. The number of benzene rings is 1. The van der Waals surface area contributed by atoms with Crippen LogP contribution in [-0.4, -0.2) is 18.6 Å². The van der Waals surface area contributed by atoms with Crippen molar-refractivity contribution in [2.45, 2.75) is 45.8 Å². The van der Waals surface area contributed by atoms with Crippen molar-refractivity contribution >= 4 is 5.91 Å². The molecule has 0 saturated carbocycles. The van der Waals surface area contributed by atoms with Gasteiger partial charge in [0.25, 0.3) is 0 Å². The lowest BCUT2D eigenvalue weighted by molar-refractivity contribution is -0.118. The van der Waals surface area contributed by atoms with Gasteiger partial charge in [-0.25, -0.2) is 0 Å². The number of amides is 1. The van der Waals surface area contributed by atoms with E-state index in [4.69, 9.17) is 10.5 Å². The molecule has 106 valence electrons. The third-order valence-corrected chi connectivity index (χ3v) is 2.70. The molecule has 0 heterocycles. The fourth-order valence-corrected chi connectivity index (χ4v) is 1.88. The van der Waals surface area contributed by atoms with E-state index >= 15 is 0 Å². The largest absolute Gasteiger partial charge is 0.491 e. The van der Waals surface area contributed by atoms with Crippen molar-refractivity contribution in [1.82, 2.24) is 5.32 Å². The first kappa shape index (κ1) is 15.5. The van der Waals surface area contributed by atoms with E-state index in [1.807, 2.05) is 38.1 Å². The Bertz CT molecular complexity index is 388. The summed E-state index contributed by atoms with van der Waals surface area (Å²) in [6.45, 7) is 6.94. The van der Waals surface area contributed by atoms with Crippen LogP contribution in [0.15, 0.2) is 24.3 Å². The van der Waals surface area contributed by atoms with Crippen molar-refractivity contribution < 1.29 is 9.53 Å². The lowest BCUT2D eigenvalue weighted by Crippen LogP contribution is -2.27. The van der Waals surface area contributed by atoms with Gasteiger partial charge in [0.05, 0.1) is 6.10 Å². The Hall–Kier alpha value is -1.55. The highest BCUT2D eigenvalue weighted by atomic mass is 16.5. The number of nitrogens with two attached hydrogens (primary N) is 1. The standard InChI is InChI=1S/C15H24N2O2/c1-4-9-17-14(10-15(16)18)12-5-7-13(8-6-12)19-11(2)3/h5-8,11,14,17H,4,9-10H2,1-3H3,(H2,16,18). The van der Waals surface area contributed by atoms with Gasteiger partial charge in [0.2, 0.25) is 5.91 Å². The number of hydrogen-bond acceptors (Lipinski definition) is 3. The SMILES string of the molecule is CCCNC(CC(N)=O)c1ccc(OC(C)C)cc1. The lowest BCUT2D eigenvalue weighted by atomic mass is 10.0. The van der Waals surface area contributed by atoms with Crippen LogP contribution in [0.5, 0.6) is 5.75 Å². The molecule has 1 aromatic carbocycles. The molecule has 1 aromatic rings. The summed E-state index contributed by atoms with van der Waals surface area (Å²) in [5.41, 5.74) is 6.35. The van der Waals surface area contributed by atoms with E-state index in [1.165, 1.54) is 0 Å². The van der Waals surface area contributed by atoms with Gasteiger partial charge >= 0.3 is 0 Å². The van der Waals surface area contributed by atoms with Gasteiger partial charge in [0.1, 0.15) is 5.75 Å². The molecule has 0 aliphatic rings. The Morgan fingerprint density at radius 3 is 2.42 bits per heavy atom. The van der Waals surface area contributed by atoms with Crippen molar-refractivity contribution in [1.29, 1.82) is 0 Å². The van der Waals surface area contributed by atoms with Gasteiger partial charge < -0.3 is 15.8 Å². The molecular weight excluding hydrogens is 240 g/mol. The molecular formula is C15H24N2O2. The summed E-state index contributed by atoms with van der Waals surface area (Å²) < 4.78 is 5.60. The highest BCUT2D eigenvalue weighted by Crippen LogP contribution is 2.21. The van der Waals surface area contributed by atoms with Crippen LogP contribution >= 0.6 is 0 Å². The monoisotopic (exact) mass is 264 g/mol. The van der Waals surface area contributed by atoms with Crippen LogP contribution in [0.4, 0.5) is 0 Å². The molecule has 4 heteroatoms. The number of nitrogens with one attached hydrogen (secondary N) is 1. The highest BCUT2D eigenvalue weighted by molar-refractivity contribution is 5.74. The van der Waals surface area contributed by atoms with Crippen molar-refractivity contribution in [3.05, 3.63) is 29.8 Å². The van der Waals surface area contributed by atoms with E-state index in [1.54, 1.807) is 0 Å². The third-order valence-electron chi connectivity index (χ3n) is 2.70. The van der Waals surface area contributed by atoms with Crippen molar-refractivity contribution in [3.8, 4) is 5.75 Å². The smallest absolute Gasteiger partial charge is 0.219 e. The number of primary amides is 1. The quantitative estimate of drug-likeness (QED) is 0.757. The molecule has 3 N–H and O–H groups in total. The zero-order chi connectivity index (χ0) is 14.3. The second-order valence-electron chi connectivity index (χ2n) is 4.91. The molecule has 1 rings (SSSR count). The molecule has 1 amide bonds. The van der Waals surface area contributed by atoms with Gasteiger partial charge in [0, 0.05) is 12.5 Å². The van der Waals surface area contributed by atoms with Crippen LogP contribution < -0.4 is 15.8 Å². The summed E-state index contributed by atoms with van der Waals surface area (Å²) in [5.74, 6) is 0.545. The molecule has 0 bridgehead atoms. The first-order valence-corrected chi connectivity index (χ1v) is 6.81. The zero-order valence-corrected chi connectivity index (χ0v) is 12.0. The Morgan fingerprint density at radius 2 is 1.95 bits per heavy atom. The number of carbonyl (C=O) groups is 1. The van der Waals surface area contributed by atoms with Gasteiger partial charge in [0.15, 0.2) is 0 Å². The minimum absolute atomic E-state index is 0.0226. The van der Waals surface area contributed by atoms with Crippen LogP contribution in [0.3, 0.4) is 0 Å². The van der Waals surface area contributed by atoms with E-state index in [-0.39, 0.29) is 18.1 Å². The van der Waals surface area contributed by atoms with Crippen molar-refractivity contribution in [3.63, 3.8) is 0 Å². The molecule has 4 nitrogen and oxygen atoms in total. The van der Waals surface area contributed by atoms with Crippen LogP contribution in [-0.2, 0) is 4.79 Å². The number of ether oxygens (including phenoxy) is 1. The Morgan fingerprint density at radius 1 is 1.32 bits per heavy atom. The van der Waals surface area contributed by atoms with Crippen molar-refractivity contribution in [2.24, 2.45) is 5.73 Å². The average molecular weight is 264 g/mol. The molecule has 0 saturated heterocycles. The summed E-state index contributed by atoms with van der Waals surface area (Å²) in [4.78, 5) is 11.1. The minimum Gasteiger partial charge on any atom is -0.491 e. The van der Waals surface area contributed by atoms with Crippen LogP contribution in [0.1, 0.15) is 45.2 Å². The van der Waals surface area contributed by atoms with Gasteiger partial charge in [-0.2, -0.15) is 0 Å². The maximum Gasteiger partial charge on any atom is 0.219 e. The third kappa shape index (κ3) is 5.75. The maximum absolute atomic E-state index is 11.1. The molecule has 0 radical (unpaired) electrons. The van der Waals surface area contributed by atoms with Crippen LogP contribution in [0, 0.1) is 0 Å². The predicted octanol–water partition coefficient (Wildman–Crippen LogP) is 2.39. The second-order valence-corrected chi connectivity index (χ2v) is 4.91. The molecule has 1 unspecified atom stereocenters. The number of rotatable bonds is 8. The number of hydrogen-bond donors (Lipinski definition) is 2. The average Bonchev–Trinajstić information content (AvgIpc) is 2.34. The Balaban J connectivity index is 2.74. The zero-order valence-electron chi connectivity index (χ0n) is 12.0. The normalized spacial score (nSPS) is 12.4. The van der Waals surface area contributed by atoms with E-state index in [2.05, 4.69) is 12.2 Å². The summed E-state index contributed by atoms with van der Waals surface area (Å²) in [5, 5.41) is 3.34. The van der Waals surface area contributed by atoms with Gasteiger partial charge in [-0.15, -0.1) is 0 Å². The van der Waals surface area contributed by atoms with Crippen LogP contribution in [0.2, 0.25) is 0 Å². The molecule has 0 aliphatic heterocycles. The molecule has 1 atom stereocenters. The Kier molecular flexibility index (Phi) is 6.36. The van der Waals surface area contributed by atoms with E-state index in [0.29, 0.717) is 6.42 Å². The van der Waals surface area contributed by atoms with Gasteiger partial charge in [-0.3, -0.25) is 4.79 Å². The molecule has 19 heavy (non-hydrogen) atoms. The van der Waals surface area contributed by atoms with Gasteiger partial charge in [-0.1, -0.05) is 19.1 Å². The summed E-state index contributed by atoms with van der Waals surface area (Å²) >= 11 is 0.